The van der Waals surface area contributed by atoms with E-state index in [1.807, 2.05) is 13.0 Å². The smallest absolute Gasteiger partial charge is 0.262 e. The number of carbonyl (C=O) groups excluding carboxylic acids is 1. The van der Waals surface area contributed by atoms with E-state index in [4.69, 9.17) is 9.47 Å². The van der Waals surface area contributed by atoms with Gasteiger partial charge in [0.15, 0.2) is 0 Å². The van der Waals surface area contributed by atoms with Crippen LogP contribution >= 0.6 is 11.3 Å². The first kappa shape index (κ1) is 19.6. The van der Waals surface area contributed by atoms with E-state index < -0.39 is 5.91 Å². The molecule has 0 unspecified atom stereocenters. The van der Waals surface area contributed by atoms with Gasteiger partial charge in [-0.2, -0.15) is 5.10 Å². The van der Waals surface area contributed by atoms with Gasteiger partial charge < -0.3 is 9.47 Å². The molecule has 9 heteroatoms. The molecule has 146 valence electrons. The van der Waals surface area contributed by atoms with Crippen molar-refractivity contribution in [3.05, 3.63) is 51.4 Å². The Morgan fingerprint density at radius 3 is 2.86 bits per heavy atom. The molecule has 0 atom stereocenters. The van der Waals surface area contributed by atoms with E-state index >= 15 is 0 Å². The first-order valence-electron chi connectivity index (χ1n) is 8.57. The van der Waals surface area contributed by atoms with Gasteiger partial charge in [0.25, 0.3) is 11.5 Å². The highest BCUT2D eigenvalue weighted by Crippen LogP contribution is 2.22. The van der Waals surface area contributed by atoms with Crippen LogP contribution in [0.1, 0.15) is 17.4 Å². The fourth-order valence-electron chi connectivity index (χ4n) is 2.60. The van der Waals surface area contributed by atoms with Crippen molar-refractivity contribution in [2.24, 2.45) is 5.10 Å². The summed E-state index contributed by atoms with van der Waals surface area (Å²) >= 11 is 1.49. The summed E-state index contributed by atoms with van der Waals surface area (Å²) in [6.45, 7) is 1.84. The summed E-state index contributed by atoms with van der Waals surface area (Å²) in [6, 6.07) is 7.07. The van der Waals surface area contributed by atoms with E-state index in [9.17, 15) is 9.59 Å². The lowest BCUT2D eigenvalue weighted by atomic mass is 10.2. The Bertz CT molecular complexity index is 1090. The van der Waals surface area contributed by atoms with Gasteiger partial charge in [-0.05, 0) is 30.7 Å². The summed E-state index contributed by atoms with van der Waals surface area (Å²) in [5, 5.41) is 4.47. The Hall–Kier alpha value is -3.20. The molecule has 0 saturated heterocycles. The SMILES string of the molecule is CCc1cc2c(=O)n(CC(=O)N/N=C\c3cc(OC)ccc3OC)cnc2s1. The molecule has 1 amide bonds. The third kappa shape index (κ3) is 4.20. The Morgan fingerprint density at radius 1 is 1.32 bits per heavy atom. The Morgan fingerprint density at radius 2 is 2.14 bits per heavy atom. The van der Waals surface area contributed by atoms with Crippen LogP contribution in [0.25, 0.3) is 10.2 Å². The maximum Gasteiger partial charge on any atom is 0.262 e. The highest BCUT2D eigenvalue weighted by atomic mass is 32.1. The molecule has 2 aromatic heterocycles. The lowest BCUT2D eigenvalue weighted by Crippen LogP contribution is -2.29. The molecule has 3 rings (SSSR count). The minimum Gasteiger partial charge on any atom is -0.497 e. The first-order chi connectivity index (χ1) is 13.5. The molecule has 8 nitrogen and oxygen atoms in total. The van der Waals surface area contributed by atoms with Crippen LogP contribution in [0.5, 0.6) is 11.5 Å². The zero-order valence-corrected chi connectivity index (χ0v) is 16.6. The monoisotopic (exact) mass is 400 g/mol. The zero-order chi connectivity index (χ0) is 20.1. The molecule has 0 saturated carbocycles. The summed E-state index contributed by atoms with van der Waals surface area (Å²) in [4.78, 5) is 30.7. The van der Waals surface area contributed by atoms with Gasteiger partial charge in [-0.25, -0.2) is 10.4 Å². The maximum absolute atomic E-state index is 12.5. The van der Waals surface area contributed by atoms with Crippen LogP contribution in [-0.2, 0) is 17.8 Å². The van der Waals surface area contributed by atoms with Crippen LogP contribution in [-0.4, -0.2) is 35.9 Å². The normalized spacial score (nSPS) is 11.1. The zero-order valence-electron chi connectivity index (χ0n) is 15.8. The number of aryl methyl sites for hydroxylation is 1. The number of thiophene rings is 1. The summed E-state index contributed by atoms with van der Waals surface area (Å²) in [7, 11) is 3.10. The number of rotatable bonds is 7. The molecule has 0 radical (unpaired) electrons. The van der Waals surface area contributed by atoms with E-state index in [0.29, 0.717) is 27.3 Å². The van der Waals surface area contributed by atoms with Crippen molar-refractivity contribution in [3.63, 3.8) is 0 Å². The minimum absolute atomic E-state index is 0.175. The summed E-state index contributed by atoms with van der Waals surface area (Å²) in [5.74, 6) is 0.794. The topological polar surface area (TPSA) is 94.8 Å². The number of aromatic nitrogens is 2. The summed E-state index contributed by atoms with van der Waals surface area (Å²) in [6.07, 6.45) is 3.67. The van der Waals surface area contributed by atoms with Crippen molar-refractivity contribution in [1.29, 1.82) is 0 Å². The van der Waals surface area contributed by atoms with Gasteiger partial charge in [-0.15, -0.1) is 11.3 Å². The van der Waals surface area contributed by atoms with Crippen molar-refractivity contribution in [2.45, 2.75) is 19.9 Å². The lowest BCUT2D eigenvalue weighted by molar-refractivity contribution is -0.121. The number of hydrogen-bond acceptors (Lipinski definition) is 7. The van der Waals surface area contributed by atoms with Gasteiger partial charge in [-0.3, -0.25) is 14.2 Å². The lowest BCUT2D eigenvalue weighted by Gasteiger charge is -2.07. The summed E-state index contributed by atoms with van der Waals surface area (Å²) < 4.78 is 11.7. The second-order valence-electron chi connectivity index (χ2n) is 5.86. The molecule has 28 heavy (non-hydrogen) atoms. The average molecular weight is 400 g/mol. The molecule has 1 N–H and O–H groups in total. The van der Waals surface area contributed by atoms with Crippen molar-refractivity contribution >= 4 is 33.7 Å². The largest absolute Gasteiger partial charge is 0.497 e. The molecule has 1 aromatic carbocycles. The second kappa shape index (κ2) is 8.66. The predicted molar refractivity (Wildman–Crippen MR) is 109 cm³/mol. The molecular weight excluding hydrogens is 380 g/mol. The predicted octanol–water partition coefficient (Wildman–Crippen LogP) is 2.19. The number of benzene rings is 1. The number of fused-ring (bicyclic) bond motifs is 1. The highest BCUT2D eigenvalue weighted by Gasteiger charge is 2.10. The van der Waals surface area contributed by atoms with Crippen molar-refractivity contribution in [3.8, 4) is 11.5 Å². The Balaban J connectivity index is 1.71. The molecule has 0 aliphatic heterocycles. The average Bonchev–Trinajstić information content (AvgIpc) is 3.14. The van der Waals surface area contributed by atoms with E-state index in [1.54, 1.807) is 32.4 Å². The van der Waals surface area contributed by atoms with E-state index in [2.05, 4.69) is 15.5 Å². The van der Waals surface area contributed by atoms with Crippen LogP contribution < -0.4 is 20.5 Å². The first-order valence-corrected chi connectivity index (χ1v) is 9.39. The number of nitrogens with one attached hydrogen (secondary N) is 1. The van der Waals surface area contributed by atoms with Crippen LogP contribution in [0.4, 0.5) is 0 Å². The molecule has 0 fully saturated rings. The number of hydrazone groups is 1. The van der Waals surface area contributed by atoms with Gasteiger partial charge in [0.2, 0.25) is 0 Å². The molecule has 0 aliphatic carbocycles. The van der Waals surface area contributed by atoms with Crippen molar-refractivity contribution in [1.82, 2.24) is 15.0 Å². The quantitative estimate of drug-likeness (QED) is 0.485. The second-order valence-corrected chi connectivity index (χ2v) is 6.98. The Kier molecular flexibility index (Phi) is 6.05. The minimum atomic E-state index is -0.438. The number of amides is 1. The maximum atomic E-state index is 12.5. The van der Waals surface area contributed by atoms with Gasteiger partial charge in [-0.1, -0.05) is 6.92 Å². The van der Waals surface area contributed by atoms with E-state index in [0.717, 1.165) is 11.3 Å². The molecule has 2 heterocycles. The van der Waals surface area contributed by atoms with Crippen LogP contribution in [0.3, 0.4) is 0 Å². The number of nitrogens with zero attached hydrogens (tertiary/aromatic N) is 3. The number of carbonyl (C=O) groups is 1. The molecule has 0 bridgehead atoms. The van der Waals surface area contributed by atoms with Gasteiger partial charge in [0, 0.05) is 10.4 Å². The number of hydrogen-bond donors (Lipinski definition) is 1. The molecule has 3 aromatic rings. The third-order valence-electron chi connectivity index (χ3n) is 4.06. The number of methoxy groups -OCH3 is 2. The van der Waals surface area contributed by atoms with E-state index in [-0.39, 0.29) is 12.1 Å². The van der Waals surface area contributed by atoms with Crippen molar-refractivity contribution < 1.29 is 14.3 Å². The van der Waals surface area contributed by atoms with Crippen LogP contribution in [0.15, 0.2) is 40.5 Å². The highest BCUT2D eigenvalue weighted by molar-refractivity contribution is 7.18. The molecule has 0 aliphatic rings. The molecular formula is C19H20N4O4S. The van der Waals surface area contributed by atoms with Gasteiger partial charge in [0.05, 0.1) is 32.1 Å². The van der Waals surface area contributed by atoms with Gasteiger partial charge >= 0.3 is 0 Å². The standard InChI is InChI=1S/C19H20N4O4S/c1-4-14-8-15-18(28-14)20-11-23(19(15)25)10-17(24)22-21-9-12-7-13(26-2)5-6-16(12)27-3/h5-9,11H,4,10H2,1-3H3,(H,22,24)/b21-9-. The van der Waals surface area contributed by atoms with Crippen LogP contribution in [0, 0.1) is 0 Å². The number of ether oxygens (including phenoxy) is 2. The summed E-state index contributed by atoms with van der Waals surface area (Å²) in [5.41, 5.74) is 2.81. The Labute approximate surface area is 165 Å². The van der Waals surface area contributed by atoms with Gasteiger partial charge in [0.1, 0.15) is 22.9 Å². The third-order valence-corrected chi connectivity index (χ3v) is 5.25. The fourth-order valence-corrected chi connectivity index (χ4v) is 3.53. The van der Waals surface area contributed by atoms with E-state index in [1.165, 1.54) is 28.4 Å². The van der Waals surface area contributed by atoms with Crippen molar-refractivity contribution in [2.75, 3.05) is 14.2 Å². The van der Waals surface area contributed by atoms with Crippen LogP contribution in [0.2, 0.25) is 0 Å². The molecule has 0 spiro atoms. The fraction of sp³-hybridized carbons (Fsp3) is 0.263.